The highest BCUT2D eigenvalue weighted by Gasteiger charge is 2.14. The number of urea groups is 1. The van der Waals surface area contributed by atoms with Gasteiger partial charge in [0.2, 0.25) is 0 Å². The molecule has 3 rings (SSSR count). The second-order valence-electron chi connectivity index (χ2n) is 7.02. The molecule has 8 nitrogen and oxygen atoms in total. The summed E-state index contributed by atoms with van der Waals surface area (Å²) in [7, 11) is 0. The van der Waals surface area contributed by atoms with Gasteiger partial charge in [0.05, 0.1) is 5.69 Å². The third-order valence-electron chi connectivity index (χ3n) is 4.83. The Morgan fingerprint density at radius 1 is 1.09 bits per heavy atom. The van der Waals surface area contributed by atoms with Crippen molar-refractivity contribution >= 4 is 34.5 Å². The van der Waals surface area contributed by atoms with Gasteiger partial charge >= 0.3 is 6.03 Å². The van der Waals surface area contributed by atoms with E-state index in [-0.39, 0.29) is 11.9 Å². The first-order chi connectivity index (χ1) is 15.4. The van der Waals surface area contributed by atoms with Crippen molar-refractivity contribution in [3.63, 3.8) is 0 Å². The van der Waals surface area contributed by atoms with Gasteiger partial charge in [-0.15, -0.1) is 0 Å². The van der Waals surface area contributed by atoms with Gasteiger partial charge in [0.15, 0.2) is 0 Å². The predicted octanol–water partition coefficient (Wildman–Crippen LogP) is 3.90. The molecule has 0 aliphatic heterocycles. The van der Waals surface area contributed by atoms with Crippen molar-refractivity contribution in [3.05, 3.63) is 83.9 Å². The lowest BCUT2D eigenvalue weighted by atomic mass is 10.0. The summed E-state index contributed by atoms with van der Waals surface area (Å²) in [5.41, 5.74) is 9.35. The molecular formula is C23H24N5O3S-. The number of anilines is 2. The lowest BCUT2D eigenvalue weighted by molar-refractivity contribution is 0.212. The van der Waals surface area contributed by atoms with Crippen LogP contribution in [0.5, 0.6) is 0 Å². The van der Waals surface area contributed by atoms with E-state index in [0.29, 0.717) is 35.6 Å². The molecule has 2 amide bonds. The molecule has 0 bridgehead atoms. The molecule has 3 aromatic rings. The molecule has 0 fully saturated rings. The number of benzene rings is 3. The quantitative estimate of drug-likeness (QED) is 0.235. The van der Waals surface area contributed by atoms with Crippen LogP contribution in [0.4, 0.5) is 16.2 Å². The summed E-state index contributed by atoms with van der Waals surface area (Å²) in [6.07, 6.45) is 0. The highest BCUT2D eigenvalue weighted by molar-refractivity contribution is 7.80. The Morgan fingerprint density at radius 3 is 2.50 bits per heavy atom. The molecule has 0 aliphatic rings. The average molecular weight is 451 g/mol. The summed E-state index contributed by atoms with van der Waals surface area (Å²) in [6, 6.07) is 21.3. The van der Waals surface area contributed by atoms with Gasteiger partial charge < -0.3 is 25.2 Å². The third kappa shape index (κ3) is 5.93. The highest BCUT2D eigenvalue weighted by Crippen LogP contribution is 2.31. The number of amidine groups is 1. The van der Waals surface area contributed by atoms with Crippen LogP contribution in [-0.2, 0) is 17.8 Å². The van der Waals surface area contributed by atoms with E-state index in [1.807, 2.05) is 43.3 Å². The van der Waals surface area contributed by atoms with Gasteiger partial charge in [-0.2, -0.15) is 0 Å². The number of carbonyl (C=O) groups excluding carboxylic acids is 1. The van der Waals surface area contributed by atoms with E-state index in [9.17, 15) is 13.6 Å². The van der Waals surface area contributed by atoms with Gasteiger partial charge in [-0.05, 0) is 36.2 Å². The van der Waals surface area contributed by atoms with Gasteiger partial charge in [-0.1, -0.05) is 54.6 Å². The molecule has 0 saturated carbocycles. The Labute approximate surface area is 189 Å². The highest BCUT2D eigenvalue weighted by atomic mass is 32.2. The maximum absolute atomic E-state index is 12.9. The number of hydrogen-bond acceptors (Lipinski definition) is 4. The number of nitrogen functional groups attached to an aromatic ring is 1. The maximum atomic E-state index is 12.9. The predicted molar refractivity (Wildman–Crippen MR) is 127 cm³/mol. The van der Waals surface area contributed by atoms with Crippen LogP contribution in [0.15, 0.2) is 72.8 Å². The van der Waals surface area contributed by atoms with Crippen LogP contribution in [0.1, 0.15) is 18.1 Å². The first-order valence-corrected chi connectivity index (χ1v) is 11.0. The van der Waals surface area contributed by atoms with Gasteiger partial charge in [-0.3, -0.25) is 9.62 Å². The van der Waals surface area contributed by atoms with Crippen molar-refractivity contribution in [2.24, 2.45) is 5.73 Å². The maximum Gasteiger partial charge on any atom is 0.322 e. The Kier molecular flexibility index (Phi) is 7.58. The summed E-state index contributed by atoms with van der Waals surface area (Å²) in [4.78, 5) is 14.5. The second kappa shape index (κ2) is 10.6. The minimum atomic E-state index is -2.52. The molecule has 0 radical (unpaired) electrons. The molecule has 1 unspecified atom stereocenters. The molecule has 0 heterocycles. The summed E-state index contributed by atoms with van der Waals surface area (Å²) < 4.78 is 25.0. The van der Waals surface area contributed by atoms with Crippen molar-refractivity contribution in [1.82, 2.24) is 4.90 Å². The van der Waals surface area contributed by atoms with E-state index < -0.39 is 11.3 Å². The smallest absolute Gasteiger partial charge is 0.322 e. The van der Waals surface area contributed by atoms with Crippen LogP contribution in [0, 0.1) is 5.41 Å². The number of nitrogens with zero attached hydrogens (tertiary/aromatic N) is 1. The second-order valence-corrected chi connectivity index (χ2v) is 7.70. The minimum absolute atomic E-state index is 0.0337. The van der Waals surface area contributed by atoms with Crippen LogP contribution in [0.25, 0.3) is 11.1 Å². The van der Waals surface area contributed by atoms with E-state index in [1.165, 1.54) is 0 Å². The fourth-order valence-electron chi connectivity index (χ4n) is 3.25. The molecule has 32 heavy (non-hydrogen) atoms. The van der Waals surface area contributed by atoms with Gasteiger partial charge in [0, 0.05) is 41.2 Å². The van der Waals surface area contributed by atoms with E-state index >= 15 is 0 Å². The largest absolute Gasteiger partial charge is 0.755 e. The standard InChI is InChI=1S/C23H25N5O3S/c1-2-28(15-16-7-6-10-18(13-16)22(24)25)23(29)26-19-11-12-20(17-8-4-3-5-9-17)21(14-19)27-32(30)31/h3-14,27H,2,15H2,1H3,(H3,24,25)(H,26,29)(H,30,31)/p-1. The number of nitrogens with one attached hydrogen (secondary N) is 3. The van der Waals surface area contributed by atoms with E-state index in [1.54, 1.807) is 41.3 Å². The normalized spacial score (nSPS) is 11.4. The van der Waals surface area contributed by atoms with Gasteiger partial charge in [0.25, 0.3) is 0 Å². The Morgan fingerprint density at radius 2 is 1.84 bits per heavy atom. The SMILES string of the molecule is CCN(Cc1cccc(C(=N)N)c1)C(=O)Nc1ccc(-c2ccccc2)c(NS(=O)[O-])c1. The van der Waals surface area contributed by atoms with E-state index in [0.717, 1.165) is 11.1 Å². The van der Waals surface area contributed by atoms with Crippen LogP contribution < -0.4 is 15.8 Å². The van der Waals surface area contributed by atoms with Crippen molar-refractivity contribution in [1.29, 1.82) is 5.41 Å². The third-order valence-corrected chi connectivity index (χ3v) is 5.22. The lowest BCUT2D eigenvalue weighted by Gasteiger charge is -2.22. The molecule has 0 aliphatic carbocycles. The lowest BCUT2D eigenvalue weighted by Crippen LogP contribution is -2.34. The molecule has 9 heteroatoms. The number of hydrogen-bond donors (Lipinski definition) is 4. The van der Waals surface area contributed by atoms with Crippen molar-refractivity contribution in [2.45, 2.75) is 13.5 Å². The van der Waals surface area contributed by atoms with Crippen molar-refractivity contribution in [3.8, 4) is 11.1 Å². The number of nitrogens with two attached hydrogens (primary N) is 1. The van der Waals surface area contributed by atoms with Crippen molar-refractivity contribution < 1.29 is 13.6 Å². The number of amides is 2. The van der Waals surface area contributed by atoms with Crippen molar-refractivity contribution in [2.75, 3.05) is 16.6 Å². The fourth-order valence-corrected chi connectivity index (χ4v) is 3.60. The zero-order valence-corrected chi connectivity index (χ0v) is 18.3. The van der Waals surface area contributed by atoms with E-state index in [4.69, 9.17) is 11.1 Å². The van der Waals surface area contributed by atoms with Gasteiger partial charge in [0.1, 0.15) is 5.84 Å². The molecule has 1 atom stereocenters. The van der Waals surface area contributed by atoms with Gasteiger partial charge in [-0.25, -0.2) is 4.79 Å². The first kappa shape index (κ1) is 23.0. The molecule has 0 spiro atoms. The number of rotatable bonds is 8. The number of carbonyl (C=O) groups is 1. The van der Waals surface area contributed by atoms with Crippen LogP contribution in [-0.4, -0.2) is 32.1 Å². The zero-order valence-electron chi connectivity index (χ0n) is 17.5. The fraction of sp³-hybridized carbons (Fsp3) is 0.130. The molecule has 5 N–H and O–H groups in total. The Balaban J connectivity index is 1.80. The Bertz CT molecular complexity index is 1140. The molecule has 0 saturated heterocycles. The summed E-state index contributed by atoms with van der Waals surface area (Å²) in [5.74, 6) is -0.0337. The monoisotopic (exact) mass is 450 g/mol. The molecule has 3 aromatic carbocycles. The first-order valence-electron chi connectivity index (χ1n) is 9.92. The molecule has 166 valence electrons. The Hall–Kier alpha value is -3.69. The minimum Gasteiger partial charge on any atom is -0.755 e. The molecule has 0 aromatic heterocycles. The van der Waals surface area contributed by atoms with Crippen LogP contribution >= 0.6 is 0 Å². The summed E-state index contributed by atoms with van der Waals surface area (Å²) in [6.45, 7) is 2.65. The van der Waals surface area contributed by atoms with E-state index in [2.05, 4.69) is 10.0 Å². The summed E-state index contributed by atoms with van der Waals surface area (Å²) >= 11 is -2.52. The average Bonchev–Trinajstić information content (AvgIpc) is 2.78. The molecular weight excluding hydrogens is 426 g/mol. The van der Waals surface area contributed by atoms with Crippen LogP contribution in [0.2, 0.25) is 0 Å². The van der Waals surface area contributed by atoms with Crippen LogP contribution in [0.3, 0.4) is 0 Å². The topological polar surface area (TPSA) is 134 Å². The zero-order chi connectivity index (χ0) is 23.1. The summed E-state index contributed by atoms with van der Waals surface area (Å²) in [5, 5.41) is 10.4.